The van der Waals surface area contributed by atoms with Gasteiger partial charge in [-0.25, -0.2) is 4.39 Å². The summed E-state index contributed by atoms with van der Waals surface area (Å²) in [7, 11) is 0. The average Bonchev–Trinajstić information content (AvgIpc) is 3.05. The van der Waals surface area contributed by atoms with E-state index in [1.54, 1.807) is 19.1 Å². The van der Waals surface area contributed by atoms with Crippen molar-refractivity contribution >= 4 is 11.8 Å². The number of halogens is 1. The highest BCUT2D eigenvalue weighted by Gasteiger charge is 2.60. The molecule has 0 bridgehead atoms. The van der Waals surface area contributed by atoms with Crippen molar-refractivity contribution in [2.24, 2.45) is 17.3 Å². The molecule has 0 spiro atoms. The lowest BCUT2D eigenvalue weighted by Crippen LogP contribution is -2.36. The highest BCUT2D eigenvalue weighted by atomic mass is 19.1. The summed E-state index contributed by atoms with van der Waals surface area (Å²) in [4.78, 5) is 24.3. The third-order valence-corrected chi connectivity index (χ3v) is 4.85. The fourth-order valence-corrected chi connectivity index (χ4v) is 3.16. The summed E-state index contributed by atoms with van der Waals surface area (Å²) in [5.74, 6) is -0.486. The number of carbonyl (C=O) groups excluding carboxylic acids is 2. The van der Waals surface area contributed by atoms with E-state index in [-0.39, 0.29) is 34.6 Å². The van der Waals surface area contributed by atoms with E-state index in [0.29, 0.717) is 18.7 Å². The van der Waals surface area contributed by atoms with Gasteiger partial charge in [0.25, 0.3) is 5.91 Å². The van der Waals surface area contributed by atoms with Gasteiger partial charge in [0.05, 0.1) is 5.92 Å². The summed E-state index contributed by atoms with van der Waals surface area (Å²) in [6.45, 7) is 10.6. The third-order valence-electron chi connectivity index (χ3n) is 4.85. The van der Waals surface area contributed by atoms with Crippen LogP contribution in [0, 0.1) is 30.0 Å². The molecule has 0 radical (unpaired) electrons. The smallest absolute Gasteiger partial charge is 0.251 e. The van der Waals surface area contributed by atoms with Crippen molar-refractivity contribution in [3.8, 4) is 0 Å². The summed E-state index contributed by atoms with van der Waals surface area (Å²) in [6, 6.07) is 4.38. The van der Waals surface area contributed by atoms with Crippen LogP contribution in [-0.2, 0) is 4.79 Å². The van der Waals surface area contributed by atoms with Gasteiger partial charge in [-0.3, -0.25) is 9.59 Å². The Morgan fingerprint density at radius 2 is 1.84 bits per heavy atom. The predicted octanol–water partition coefficient (Wildman–Crippen LogP) is 3.22. The van der Waals surface area contributed by atoms with E-state index >= 15 is 0 Å². The monoisotopic (exact) mass is 346 g/mol. The van der Waals surface area contributed by atoms with Crippen LogP contribution in [-0.4, -0.2) is 24.9 Å². The molecule has 0 heterocycles. The number of carbonyl (C=O) groups is 2. The third kappa shape index (κ3) is 4.47. The second kappa shape index (κ2) is 7.38. The van der Waals surface area contributed by atoms with Crippen LogP contribution in [0.1, 0.15) is 43.6 Å². The van der Waals surface area contributed by atoms with E-state index in [9.17, 15) is 14.0 Å². The molecule has 1 aliphatic rings. The Morgan fingerprint density at radius 1 is 1.20 bits per heavy atom. The SMILES string of the molecule is CC(C)=CC1C(C(=O)NCCNC(=O)c2ccc(C)c(F)c2)C1(C)C. The van der Waals surface area contributed by atoms with Crippen LogP contribution in [0.3, 0.4) is 0 Å². The van der Waals surface area contributed by atoms with Gasteiger partial charge in [-0.15, -0.1) is 0 Å². The van der Waals surface area contributed by atoms with Crippen LogP contribution in [0.5, 0.6) is 0 Å². The van der Waals surface area contributed by atoms with Gasteiger partial charge in [0.15, 0.2) is 0 Å². The molecule has 25 heavy (non-hydrogen) atoms. The zero-order valence-corrected chi connectivity index (χ0v) is 15.6. The van der Waals surface area contributed by atoms with Crippen molar-refractivity contribution in [3.05, 3.63) is 46.8 Å². The maximum absolute atomic E-state index is 13.5. The molecule has 2 rings (SSSR count). The van der Waals surface area contributed by atoms with Gasteiger partial charge in [0.1, 0.15) is 5.82 Å². The Labute approximate surface area is 148 Å². The largest absolute Gasteiger partial charge is 0.354 e. The summed E-state index contributed by atoms with van der Waals surface area (Å²) < 4.78 is 13.5. The van der Waals surface area contributed by atoms with Crippen LogP contribution in [0.25, 0.3) is 0 Å². The molecule has 0 aliphatic heterocycles. The van der Waals surface area contributed by atoms with Crippen molar-refractivity contribution in [2.45, 2.75) is 34.6 Å². The minimum Gasteiger partial charge on any atom is -0.354 e. The van der Waals surface area contributed by atoms with E-state index < -0.39 is 5.82 Å². The molecule has 2 atom stereocenters. The highest BCUT2D eigenvalue weighted by Crippen LogP contribution is 2.59. The molecular weight excluding hydrogens is 319 g/mol. The molecule has 1 aromatic carbocycles. The number of hydrogen-bond acceptors (Lipinski definition) is 2. The standard InChI is InChI=1S/C20H27FN2O2/c1-12(2)10-15-17(20(15,4)5)19(25)23-9-8-22-18(24)14-7-6-13(3)16(21)11-14/h6-7,10-11,15,17H,8-9H2,1-5H3,(H,22,24)(H,23,25). The molecule has 5 heteroatoms. The normalized spacial score (nSPS) is 20.6. The lowest BCUT2D eigenvalue weighted by molar-refractivity contribution is -0.123. The summed E-state index contributed by atoms with van der Waals surface area (Å²) in [5.41, 5.74) is 1.97. The average molecular weight is 346 g/mol. The molecule has 2 N–H and O–H groups in total. The van der Waals surface area contributed by atoms with Gasteiger partial charge < -0.3 is 10.6 Å². The molecular formula is C20H27FN2O2. The highest BCUT2D eigenvalue weighted by molar-refractivity contribution is 5.94. The van der Waals surface area contributed by atoms with E-state index in [0.717, 1.165) is 0 Å². The van der Waals surface area contributed by atoms with Crippen molar-refractivity contribution in [2.75, 3.05) is 13.1 Å². The van der Waals surface area contributed by atoms with Crippen LogP contribution in [0.4, 0.5) is 4.39 Å². The lowest BCUT2D eigenvalue weighted by Gasteiger charge is -2.08. The van der Waals surface area contributed by atoms with Crippen molar-refractivity contribution in [3.63, 3.8) is 0 Å². The maximum atomic E-state index is 13.5. The first-order valence-corrected chi connectivity index (χ1v) is 8.61. The predicted molar refractivity (Wildman–Crippen MR) is 96.7 cm³/mol. The minimum atomic E-state index is -0.401. The van der Waals surface area contributed by atoms with Gasteiger partial charge in [-0.2, -0.15) is 0 Å². The Kier molecular flexibility index (Phi) is 5.65. The van der Waals surface area contributed by atoms with E-state index in [1.165, 1.54) is 11.6 Å². The second-order valence-electron chi connectivity index (χ2n) is 7.58. The number of aryl methyl sites for hydroxylation is 1. The van der Waals surface area contributed by atoms with Crippen LogP contribution < -0.4 is 10.6 Å². The molecule has 2 unspecified atom stereocenters. The molecule has 2 amide bonds. The molecule has 1 fully saturated rings. The van der Waals surface area contributed by atoms with Gasteiger partial charge in [-0.05, 0) is 49.8 Å². The molecule has 0 aromatic heterocycles. The van der Waals surface area contributed by atoms with Crippen LogP contribution in [0.15, 0.2) is 29.8 Å². The first-order valence-electron chi connectivity index (χ1n) is 8.61. The molecule has 1 aromatic rings. The molecule has 1 saturated carbocycles. The molecule has 1 aliphatic carbocycles. The number of hydrogen-bond donors (Lipinski definition) is 2. The lowest BCUT2D eigenvalue weighted by atomic mass is 10.1. The summed E-state index contributed by atoms with van der Waals surface area (Å²) in [5, 5.41) is 5.57. The molecule has 4 nitrogen and oxygen atoms in total. The quantitative estimate of drug-likeness (QED) is 0.614. The number of nitrogens with one attached hydrogen (secondary N) is 2. The van der Waals surface area contributed by atoms with Gasteiger partial charge in [0.2, 0.25) is 5.91 Å². The fourth-order valence-electron chi connectivity index (χ4n) is 3.16. The van der Waals surface area contributed by atoms with Crippen molar-refractivity contribution < 1.29 is 14.0 Å². The van der Waals surface area contributed by atoms with Crippen LogP contribution in [0.2, 0.25) is 0 Å². The number of rotatable bonds is 6. The Morgan fingerprint density at radius 3 is 2.44 bits per heavy atom. The molecule has 0 saturated heterocycles. The minimum absolute atomic E-state index is 0.0168. The maximum Gasteiger partial charge on any atom is 0.251 e. The Hall–Kier alpha value is -2.17. The van der Waals surface area contributed by atoms with Gasteiger partial charge in [-0.1, -0.05) is 31.6 Å². The van der Waals surface area contributed by atoms with E-state index in [1.807, 2.05) is 13.8 Å². The topological polar surface area (TPSA) is 58.2 Å². The van der Waals surface area contributed by atoms with Gasteiger partial charge >= 0.3 is 0 Å². The first kappa shape index (κ1) is 19.2. The second-order valence-corrected chi connectivity index (χ2v) is 7.58. The zero-order chi connectivity index (χ0) is 18.8. The Balaban J connectivity index is 1.78. The fraction of sp³-hybridized carbons (Fsp3) is 0.500. The summed E-state index contributed by atoms with van der Waals surface area (Å²) >= 11 is 0. The number of benzene rings is 1. The van der Waals surface area contributed by atoms with E-state index in [4.69, 9.17) is 0 Å². The zero-order valence-electron chi connectivity index (χ0n) is 15.6. The van der Waals surface area contributed by atoms with E-state index in [2.05, 4.69) is 30.6 Å². The summed E-state index contributed by atoms with van der Waals surface area (Å²) in [6.07, 6.45) is 2.15. The molecule has 136 valence electrons. The van der Waals surface area contributed by atoms with Crippen molar-refractivity contribution in [1.29, 1.82) is 0 Å². The van der Waals surface area contributed by atoms with Crippen LogP contribution >= 0.6 is 0 Å². The Bertz CT molecular complexity index is 706. The van der Waals surface area contributed by atoms with Gasteiger partial charge in [0, 0.05) is 18.7 Å². The number of allylic oxidation sites excluding steroid dienone is 2. The first-order chi connectivity index (χ1) is 11.6. The van der Waals surface area contributed by atoms with Crippen molar-refractivity contribution in [1.82, 2.24) is 10.6 Å². The number of amides is 2.